The molecule has 0 saturated carbocycles. The summed E-state index contributed by atoms with van der Waals surface area (Å²) in [4.78, 5) is 11.2. The molecule has 1 rings (SSSR count). The van der Waals surface area contributed by atoms with Gasteiger partial charge in [0.1, 0.15) is 0 Å². The van der Waals surface area contributed by atoms with Crippen LogP contribution in [0.5, 0.6) is 0 Å². The summed E-state index contributed by atoms with van der Waals surface area (Å²) in [6.45, 7) is 2.06. The van der Waals surface area contributed by atoms with E-state index in [1.807, 2.05) is 24.3 Å². The van der Waals surface area contributed by atoms with E-state index in [4.69, 9.17) is 11.6 Å². The molecular weight excluding hydrogens is 212 g/mol. The number of rotatable bonds is 4. The number of carbonyl (C=O) groups is 1. The summed E-state index contributed by atoms with van der Waals surface area (Å²) < 4.78 is 4.66. The SMILES string of the molecule is CC[C@@H](CC(=O)OC)c1ccc(Cl)cc1. The van der Waals surface area contributed by atoms with Crippen LogP contribution in [0.1, 0.15) is 31.2 Å². The Bertz CT molecular complexity index is 319. The van der Waals surface area contributed by atoms with Gasteiger partial charge in [-0.25, -0.2) is 0 Å². The molecule has 2 nitrogen and oxygen atoms in total. The Morgan fingerprint density at radius 2 is 2.00 bits per heavy atom. The zero-order valence-electron chi connectivity index (χ0n) is 9.00. The van der Waals surface area contributed by atoms with Crippen molar-refractivity contribution >= 4 is 17.6 Å². The van der Waals surface area contributed by atoms with Gasteiger partial charge < -0.3 is 4.74 Å². The number of hydrogen-bond donors (Lipinski definition) is 0. The third-order valence-electron chi connectivity index (χ3n) is 2.47. The molecule has 0 N–H and O–H groups in total. The van der Waals surface area contributed by atoms with Gasteiger partial charge in [0.2, 0.25) is 0 Å². The van der Waals surface area contributed by atoms with Gasteiger partial charge in [0, 0.05) is 5.02 Å². The van der Waals surface area contributed by atoms with Crippen LogP contribution in [0.15, 0.2) is 24.3 Å². The molecule has 1 atom stereocenters. The molecule has 15 heavy (non-hydrogen) atoms. The van der Waals surface area contributed by atoms with Gasteiger partial charge in [-0.2, -0.15) is 0 Å². The Morgan fingerprint density at radius 1 is 1.40 bits per heavy atom. The maximum absolute atomic E-state index is 11.2. The van der Waals surface area contributed by atoms with Gasteiger partial charge in [0.15, 0.2) is 0 Å². The van der Waals surface area contributed by atoms with Crippen molar-refractivity contribution < 1.29 is 9.53 Å². The summed E-state index contributed by atoms with van der Waals surface area (Å²) in [5.41, 5.74) is 1.13. The molecule has 0 saturated heterocycles. The fourth-order valence-corrected chi connectivity index (χ4v) is 1.64. The number of hydrogen-bond acceptors (Lipinski definition) is 2. The van der Waals surface area contributed by atoms with E-state index < -0.39 is 0 Å². The number of methoxy groups -OCH3 is 1. The molecule has 0 aliphatic rings. The lowest BCUT2D eigenvalue weighted by molar-refractivity contribution is -0.141. The van der Waals surface area contributed by atoms with E-state index in [-0.39, 0.29) is 11.9 Å². The fraction of sp³-hybridized carbons (Fsp3) is 0.417. The highest BCUT2D eigenvalue weighted by molar-refractivity contribution is 6.30. The Kier molecular flexibility index (Phi) is 4.63. The van der Waals surface area contributed by atoms with Crippen LogP contribution >= 0.6 is 11.6 Å². The van der Waals surface area contributed by atoms with Crippen LogP contribution in [-0.2, 0) is 9.53 Å². The van der Waals surface area contributed by atoms with Crippen molar-refractivity contribution in [3.8, 4) is 0 Å². The largest absolute Gasteiger partial charge is 0.469 e. The van der Waals surface area contributed by atoms with E-state index in [1.54, 1.807) is 0 Å². The van der Waals surface area contributed by atoms with Gasteiger partial charge in [0.05, 0.1) is 13.5 Å². The van der Waals surface area contributed by atoms with Crippen LogP contribution in [-0.4, -0.2) is 13.1 Å². The van der Waals surface area contributed by atoms with E-state index in [1.165, 1.54) is 7.11 Å². The quantitative estimate of drug-likeness (QED) is 0.736. The third kappa shape index (κ3) is 3.56. The lowest BCUT2D eigenvalue weighted by atomic mass is 9.93. The standard InChI is InChI=1S/C12H15ClO2/c1-3-9(8-12(14)15-2)10-4-6-11(13)7-5-10/h4-7,9H,3,8H2,1-2H3/t9-/m0/s1. The number of esters is 1. The normalized spacial score (nSPS) is 12.2. The van der Waals surface area contributed by atoms with Crippen molar-refractivity contribution in [3.05, 3.63) is 34.9 Å². The highest BCUT2D eigenvalue weighted by Crippen LogP contribution is 2.24. The molecule has 3 heteroatoms. The molecule has 82 valence electrons. The average Bonchev–Trinajstić information content (AvgIpc) is 2.27. The van der Waals surface area contributed by atoms with Gasteiger partial charge in [-0.1, -0.05) is 30.7 Å². The second-order valence-electron chi connectivity index (χ2n) is 3.44. The Balaban J connectivity index is 2.74. The van der Waals surface area contributed by atoms with Crippen LogP contribution in [0.2, 0.25) is 5.02 Å². The summed E-state index contributed by atoms with van der Waals surface area (Å²) in [7, 11) is 1.41. The lowest BCUT2D eigenvalue weighted by Gasteiger charge is -2.13. The van der Waals surface area contributed by atoms with Gasteiger partial charge >= 0.3 is 5.97 Å². The van der Waals surface area contributed by atoms with Crippen molar-refractivity contribution in [2.45, 2.75) is 25.7 Å². The molecule has 0 aromatic heterocycles. The van der Waals surface area contributed by atoms with Crippen LogP contribution < -0.4 is 0 Å². The molecule has 0 aliphatic heterocycles. The minimum Gasteiger partial charge on any atom is -0.469 e. The maximum Gasteiger partial charge on any atom is 0.306 e. The van der Waals surface area contributed by atoms with Gasteiger partial charge in [-0.15, -0.1) is 0 Å². The van der Waals surface area contributed by atoms with Crippen LogP contribution in [0, 0.1) is 0 Å². The minimum absolute atomic E-state index is 0.170. The average molecular weight is 227 g/mol. The fourth-order valence-electron chi connectivity index (χ4n) is 1.52. The Labute approximate surface area is 95.2 Å². The molecule has 0 spiro atoms. The van der Waals surface area contributed by atoms with Crippen LogP contribution in [0.4, 0.5) is 0 Å². The van der Waals surface area contributed by atoms with E-state index >= 15 is 0 Å². The molecule has 1 aromatic carbocycles. The molecule has 0 aliphatic carbocycles. The summed E-state index contributed by atoms with van der Waals surface area (Å²) in [5.74, 6) is 0.0477. The number of ether oxygens (including phenoxy) is 1. The molecule has 1 aromatic rings. The number of halogens is 1. The molecule has 0 unspecified atom stereocenters. The predicted octanol–water partition coefficient (Wildman–Crippen LogP) is 3.40. The third-order valence-corrected chi connectivity index (χ3v) is 2.73. The van der Waals surface area contributed by atoms with E-state index in [0.717, 1.165) is 12.0 Å². The van der Waals surface area contributed by atoms with Gasteiger partial charge in [-0.05, 0) is 30.0 Å². The molecule has 0 bridgehead atoms. The second-order valence-corrected chi connectivity index (χ2v) is 3.87. The van der Waals surface area contributed by atoms with Crippen molar-refractivity contribution in [2.75, 3.05) is 7.11 Å². The second kappa shape index (κ2) is 5.76. The topological polar surface area (TPSA) is 26.3 Å². The van der Waals surface area contributed by atoms with E-state index in [0.29, 0.717) is 11.4 Å². The molecule has 0 fully saturated rings. The maximum atomic E-state index is 11.2. The van der Waals surface area contributed by atoms with Crippen molar-refractivity contribution in [1.29, 1.82) is 0 Å². The van der Waals surface area contributed by atoms with E-state index in [2.05, 4.69) is 11.7 Å². The first-order chi connectivity index (χ1) is 7.17. The minimum atomic E-state index is -0.170. The number of carbonyl (C=O) groups excluding carboxylic acids is 1. The Hall–Kier alpha value is -1.02. The monoisotopic (exact) mass is 226 g/mol. The van der Waals surface area contributed by atoms with Crippen molar-refractivity contribution in [2.24, 2.45) is 0 Å². The van der Waals surface area contributed by atoms with Gasteiger partial charge in [0.25, 0.3) is 0 Å². The first kappa shape index (κ1) is 12.1. The first-order valence-corrected chi connectivity index (χ1v) is 5.37. The molecule has 0 radical (unpaired) electrons. The summed E-state index contributed by atoms with van der Waals surface area (Å²) >= 11 is 5.80. The number of benzene rings is 1. The summed E-state index contributed by atoms with van der Waals surface area (Å²) in [5, 5.41) is 0.715. The molecular formula is C12H15ClO2. The summed E-state index contributed by atoms with van der Waals surface area (Å²) in [6.07, 6.45) is 1.34. The zero-order valence-corrected chi connectivity index (χ0v) is 9.75. The zero-order chi connectivity index (χ0) is 11.3. The van der Waals surface area contributed by atoms with Crippen LogP contribution in [0.3, 0.4) is 0 Å². The molecule has 0 amide bonds. The molecule has 0 heterocycles. The smallest absolute Gasteiger partial charge is 0.306 e. The Morgan fingerprint density at radius 3 is 2.47 bits per heavy atom. The van der Waals surface area contributed by atoms with Crippen LogP contribution in [0.25, 0.3) is 0 Å². The van der Waals surface area contributed by atoms with Gasteiger partial charge in [-0.3, -0.25) is 4.79 Å². The highest BCUT2D eigenvalue weighted by Gasteiger charge is 2.14. The lowest BCUT2D eigenvalue weighted by Crippen LogP contribution is -2.07. The summed E-state index contributed by atoms with van der Waals surface area (Å²) in [6, 6.07) is 7.60. The predicted molar refractivity (Wildman–Crippen MR) is 61.1 cm³/mol. The van der Waals surface area contributed by atoms with E-state index in [9.17, 15) is 4.79 Å². The highest BCUT2D eigenvalue weighted by atomic mass is 35.5. The first-order valence-electron chi connectivity index (χ1n) is 4.99. The van der Waals surface area contributed by atoms with Crippen molar-refractivity contribution in [1.82, 2.24) is 0 Å². The van der Waals surface area contributed by atoms with Crippen molar-refractivity contribution in [3.63, 3.8) is 0 Å².